The quantitative estimate of drug-likeness (QED) is 0.622. The Morgan fingerprint density at radius 3 is 2.38 bits per heavy atom. The number of thiazole rings is 1. The van der Waals surface area contributed by atoms with Crippen LogP contribution >= 0.6 is 23.1 Å². The first-order chi connectivity index (χ1) is 16.2. The van der Waals surface area contributed by atoms with Gasteiger partial charge in [-0.3, -0.25) is 19.3 Å². The Balaban J connectivity index is 1.43. The third-order valence-corrected chi connectivity index (χ3v) is 10.9. The van der Waals surface area contributed by atoms with Gasteiger partial charge in [0.2, 0.25) is 11.8 Å². The van der Waals surface area contributed by atoms with Gasteiger partial charge in [0.15, 0.2) is 0 Å². The van der Waals surface area contributed by atoms with Gasteiger partial charge in [-0.25, -0.2) is 4.79 Å². The van der Waals surface area contributed by atoms with Gasteiger partial charge in [-0.1, -0.05) is 23.5 Å². The minimum atomic E-state index is -1.17. The van der Waals surface area contributed by atoms with Crippen molar-refractivity contribution in [2.45, 2.75) is 35.6 Å². The fraction of sp³-hybridized carbons (Fsp3) is 0.500. The van der Waals surface area contributed by atoms with E-state index in [-0.39, 0.29) is 45.6 Å². The molecule has 178 valence electrons. The van der Waals surface area contributed by atoms with Gasteiger partial charge in [-0.15, -0.1) is 11.8 Å². The molecule has 8 nitrogen and oxygen atoms in total. The molecule has 0 spiro atoms. The number of carboxylic acids is 1. The number of carboxylic acid groups (broad SMARTS) is 1. The Kier molecular flexibility index (Phi) is 4.80. The van der Waals surface area contributed by atoms with E-state index in [0.717, 1.165) is 32.5 Å². The van der Waals surface area contributed by atoms with Crippen molar-refractivity contribution in [2.24, 2.45) is 29.6 Å². The van der Waals surface area contributed by atoms with Crippen molar-refractivity contribution < 1.29 is 19.5 Å². The molecule has 1 aromatic heterocycles. The number of rotatable bonds is 4. The van der Waals surface area contributed by atoms with Gasteiger partial charge in [-0.05, 0) is 48.8 Å². The molecule has 4 aliphatic rings. The van der Waals surface area contributed by atoms with Crippen molar-refractivity contribution in [3.8, 4) is 0 Å². The number of anilines is 1. The van der Waals surface area contributed by atoms with E-state index >= 15 is 0 Å². The van der Waals surface area contributed by atoms with Crippen molar-refractivity contribution in [3.63, 3.8) is 0 Å². The summed E-state index contributed by atoms with van der Waals surface area (Å²) in [5, 5.41) is 10.4. The second-order valence-corrected chi connectivity index (χ2v) is 12.2. The van der Waals surface area contributed by atoms with Crippen LogP contribution < -0.4 is 9.77 Å². The Labute approximate surface area is 204 Å². The van der Waals surface area contributed by atoms with Gasteiger partial charge >= 0.3 is 10.8 Å². The Morgan fingerprint density at radius 1 is 1.12 bits per heavy atom. The molecule has 2 saturated carbocycles. The summed E-state index contributed by atoms with van der Waals surface area (Å²) < 4.78 is 0. The van der Waals surface area contributed by atoms with E-state index in [1.165, 1.54) is 18.3 Å². The molecule has 3 fully saturated rings. The summed E-state index contributed by atoms with van der Waals surface area (Å²) in [7, 11) is 3.97. The highest BCUT2D eigenvalue weighted by Crippen LogP contribution is 2.68. The lowest BCUT2D eigenvalue weighted by atomic mass is 9.68. The Morgan fingerprint density at radius 2 is 1.76 bits per heavy atom. The summed E-state index contributed by atoms with van der Waals surface area (Å²) in [6, 6.07) is 7.18. The molecule has 10 heteroatoms. The number of hydrogen-bond donors (Lipinski definition) is 2. The van der Waals surface area contributed by atoms with E-state index in [1.54, 1.807) is 11.8 Å². The van der Waals surface area contributed by atoms with Gasteiger partial charge in [-0.2, -0.15) is 0 Å². The van der Waals surface area contributed by atoms with Gasteiger partial charge in [0, 0.05) is 35.8 Å². The maximum Gasteiger partial charge on any atom is 0.326 e. The lowest BCUT2D eigenvalue weighted by Crippen LogP contribution is -2.44. The van der Waals surface area contributed by atoms with E-state index in [2.05, 4.69) is 29.2 Å². The standard InChI is InChI=1S/C24H25N3O5S2/c1-9(23(30)31)27-21(28)16-12-8-13(17(16)22(27)29)18-15(12)14(19-20(33-18)25-24(32)34-19)10-4-6-11(7-5-10)26(2)3/h4-7,9,12-18H,8H2,1-3H3,(H,25,32)(H,30,31)/t9-,12-,13-,14-,15+,16+,17-,18+/m1/s1. The van der Waals surface area contributed by atoms with Crippen LogP contribution in [0.1, 0.15) is 29.7 Å². The van der Waals surface area contributed by atoms with E-state index in [0.29, 0.717) is 0 Å². The third kappa shape index (κ3) is 2.84. The van der Waals surface area contributed by atoms with Crippen LogP contribution in [-0.4, -0.2) is 58.2 Å². The lowest BCUT2D eigenvalue weighted by Gasteiger charge is -2.43. The number of fused-ring (bicyclic) bond motifs is 9. The lowest BCUT2D eigenvalue weighted by molar-refractivity contribution is -0.154. The van der Waals surface area contributed by atoms with Crippen molar-refractivity contribution in [3.05, 3.63) is 44.4 Å². The molecule has 8 atom stereocenters. The predicted octanol–water partition coefficient (Wildman–Crippen LogP) is 2.45. The maximum atomic E-state index is 13.4. The first-order valence-electron chi connectivity index (χ1n) is 11.5. The SMILES string of the molecule is C[C@H](C(=O)O)N1C(=O)[C@@H]2[C@H]3C[C@@H]([C@@H]2C1=O)[C@H]1[C@@H](c2ccc(N(C)C)cc2)c2sc(=O)[nH]c2S[C@@H]31. The van der Waals surface area contributed by atoms with Crippen LogP contribution in [0, 0.1) is 29.6 Å². The minimum absolute atomic E-state index is 0.00690. The maximum absolute atomic E-state index is 13.4. The number of nitrogens with zero attached hydrogens (tertiary/aromatic N) is 2. The van der Waals surface area contributed by atoms with Crippen molar-refractivity contribution >= 4 is 46.6 Å². The summed E-state index contributed by atoms with van der Waals surface area (Å²) >= 11 is 2.87. The van der Waals surface area contributed by atoms with Crippen LogP contribution in [-0.2, 0) is 14.4 Å². The normalized spacial score (nSPS) is 34.1. The second-order valence-electron chi connectivity index (χ2n) is 10.0. The molecular weight excluding hydrogens is 474 g/mol. The summed E-state index contributed by atoms with van der Waals surface area (Å²) in [6.07, 6.45) is 0.788. The number of H-pyrrole nitrogens is 1. The van der Waals surface area contributed by atoms with Crippen LogP contribution in [0.2, 0.25) is 0 Å². The Bertz CT molecular complexity index is 1270. The monoisotopic (exact) mass is 499 g/mol. The smallest absolute Gasteiger partial charge is 0.326 e. The van der Waals surface area contributed by atoms with Crippen LogP contribution in [0.3, 0.4) is 0 Å². The number of hydrogen-bond acceptors (Lipinski definition) is 7. The van der Waals surface area contributed by atoms with E-state index in [1.807, 2.05) is 19.0 Å². The molecule has 2 N–H and O–H groups in total. The van der Waals surface area contributed by atoms with E-state index < -0.39 is 23.8 Å². The fourth-order valence-corrected chi connectivity index (χ4v) is 9.77. The highest BCUT2D eigenvalue weighted by Gasteiger charge is 2.70. The number of thioether (sulfide) groups is 1. The number of aromatic amines is 1. The summed E-state index contributed by atoms with van der Waals surface area (Å²) in [5.41, 5.74) is 2.19. The zero-order valence-corrected chi connectivity index (χ0v) is 20.6. The highest BCUT2D eigenvalue weighted by molar-refractivity contribution is 8.00. The molecular formula is C24H25N3O5S2. The molecule has 2 bridgehead atoms. The van der Waals surface area contributed by atoms with Crippen LogP contribution in [0.25, 0.3) is 0 Å². The zero-order chi connectivity index (χ0) is 24.0. The molecule has 6 rings (SSSR count). The van der Waals surface area contributed by atoms with Gasteiger partial charge < -0.3 is 15.0 Å². The van der Waals surface area contributed by atoms with Crippen LogP contribution in [0.15, 0.2) is 34.1 Å². The topological polar surface area (TPSA) is 111 Å². The molecule has 3 heterocycles. The minimum Gasteiger partial charge on any atom is -0.480 e. The third-order valence-electron chi connectivity index (χ3n) is 8.27. The van der Waals surface area contributed by atoms with Crippen molar-refractivity contribution in [2.75, 3.05) is 19.0 Å². The van der Waals surface area contributed by atoms with Gasteiger partial charge in [0.1, 0.15) is 6.04 Å². The number of aliphatic carboxylic acids is 1. The molecule has 2 amide bonds. The Hall–Kier alpha value is -2.59. The number of benzene rings is 1. The second kappa shape index (κ2) is 7.45. The van der Waals surface area contributed by atoms with Gasteiger partial charge in [0.25, 0.3) is 0 Å². The average Bonchev–Trinajstić information content (AvgIpc) is 3.52. The average molecular weight is 500 g/mol. The number of amides is 2. The van der Waals surface area contributed by atoms with Crippen LogP contribution in [0.4, 0.5) is 5.69 Å². The summed E-state index contributed by atoms with van der Waals surface area (Å²) in [4.78, 5) is 57.6. The fourth-order valence-electron chi connectivity index (χ4n) is 6.89. The molecule has 2 aliphatic carbocycles. The predicted molar refractivity (Wildman–Crippen MR) is 128 cm³/mol. The van der Waals surface area contributed by atoms with Crippen molar-refractivity contribution in [1.82, 2.24) is 9.88 Å². The molecule has 1 aromatic carbocycles. The number of nitrogens with one attached hydrogen (secondary N) is 1. The molecule has 0 unspecified atom stereocenters. The van der Waals surface area contributed by atoms with E-state index in [9.17, 15) is 24.3 Å². The molecule has 0 radical (unpaired) electrons. The van der Waals surface area contributed by atoms with E-state index in [4.69, 9.17) is 0 Å². The van der Waals surface area contributed by atoms with Crippen LogP contribution in [0.5, 0.6) is 0 Å². The largest absolute Gasteiger partial charge is 0.480 e. The number of carbonyl (C=O) groups excluding carboxylic acids is 2. The number of imide groups is 1. The number of likely N-dealkylation sites (tertiary alicyclic amines) is 1. The van der Waals surface area contributed by atoms with Crippen molar-refractivity contribution in [1.29, 1.82) is 0 Å². The summed E-state index contributed by atoms with van der Waals surface area (Å²) in [5.74, 6) is -2.73. The number of aromatic nitrogens is 1. The first kappa shape index (κ1) is 21.9. The molecule has 1 saturated heterocycles. The molecule has 2 aromatic rings. The zero-order valence-electron chi connectivity index (χ0n) is 18.9. The molecule has 2 aliphatic heterocycles. The van der Waals surface area contributed by atoms with Gasteiger partial charge in [0.05, 0.1) is 16.9 Å². The highest BCUT2D eigenvalue weighted by atomic mass is 32.2. The molecule has 34 heavy (non-hydrogen) atoms. The first-order valence-corrected chi connectivity index (χ1v) is 13.1. The number of carbonyl (C=O) groups is 3. The summed E-state index contributed by atoms with van der Waals surface area (Å²) in [6.45, 7) is 1.40.